The highest BCUT2D eigenvalue weighted by Gasteiger charge is 2.06. The summed E-state index contributed by atoms with van der Waals surface area (Å²) < 4.78 is 0. The summed E-state index contributed by atoms with van der Waals surface area (Å²) in [5, 5.41) is 1.41. The van der Waals surface area contributed by atoms with Crippen LogP contribution in [0.4, 0.5) is 5.69 Å². The molecular weight excluding hydrogens is 252 g/mol. The molecule has 5 heteroatoms. The molecule has 0 fully saturated rings. The molecule has 0 atom stereocenters. The van der Waals surface area contributed by atoms with Crippen molar-refractivity contribution in [3.8, 4) is 0 Å². The molecule has 0 spiro atoms. The van der Waals surface area contributed by atoms with Crippen LogP contribution < -0.4 is 16.6 Å². The number of benzene rings is 1. The van der Waals surface area contributed by atoms with Crippen molar-refractivity contribution >= 4 is 17.7 Å². The number of carbonyl (C=O) groups excluding carboxylic acids is 1. The van der Waals surface area contributed by atoms with Crippen molar-refractivity contribution in [2.24, 2.45) is 11.6 Å². The molecule has 0 radical (unpaired) electrons. The Kier molecular flexibility index (Phi) is 4.12. The second-order valence-corrected chi connectivity index (χ2v) is 4.40. The first-order valence-corrected chi connectivity index (χ1v) is 6.09. The van der Waals surface area contributed by atoms with Gasteiger partial charge < -0.3 is 5.73 Å². The number of hydrogen-bond acceptors (Lipinski definition) is 5. The molecule has 20 heavy (non-hydrogen) atoms. The first kappa shape index (κ1) is 13.8. The van der Waals surface area contributed by atoms with Crippen LogP contribution in [0.3, 0.4) is 0 Å². The maximum absolute atomic E-state index is 10.8. The summed E-state index contributed by atoms with van der Waals surface area (Å²) in [6.45, 7) is 1.91. The highest BCUT2D eigenvalue weighted by molar-refractivity contribution is 5.78. The minimum absolute atomic E-state index is 0.497. The van der Waals surface area contributed by atoms with E-state index in [-0.39, 0.29) is 0 Å². The predicted molar refractivity (Wildman–Crippen MR) is 79.6 cm³/mol. The van der Waals surface area contributed by atoms with Crippen molar-refractivity contribution in [2.75, 3.05) is 5.01 Å². The SMILES string of the molecule is Cc1ccc(C=O)cc1N(N)/C=C(\N)c1cccnc1. The Morgan fingerprint density at radius 1 is 1.35 bits per heavy atom. The van der Waals surface area contributed by atoms with Gasteiger partial charge in [-0.05, 0) is 30.7 Å². The van der Waals surface area contributed by atoms with E-state index >= 15 is 0 Å². The highest BCUT2D eigenvalue weighted by Crippen LogP contribution is 2.20. The average Bonchev–Trinajstić information content (AvgIpc) is 2.48. The third-order valence-corrected chi connectivity index (χ3v) is 2.92. The number of nitrogens with zero attached hydrogens (tertiary/aromatic N) is 2. The molecule has 0 aliphatic rings. The number of hydrazine groups is 1. The fraction of sp³-hybridized carbons (Fsp3) is 0.0667. The third-order valence-electron chi connectivity index (χ3n) is 2.92. The third kappa shape index (κ3) is 3.02. The van der Waals surface area contributed by atoms with Gasteiger partial charge in [0, 0.05) is 29.7 Å². The standard InChI is InChI=1S/C15H16N4O/c1-11-4-5-12(10-20)7-15(11)19(17)9-14(16)13-3-2-6-18-8-13/h2-10H,16-17H2,1H3/b14-9-. The minimum atomic E-state index is 0.497. The van der Waals surface area contributed by atoms with Crippen molar-refractivity contribution in [3.63, 3.8) is 0 Å². The fourth-order valence-electron chi connectivity index (χ4n) is 1.81. The molecular formula is C15H16N4O. The molecule has 5 nitrogen and oxygen atoms in total. The zero-order valence-electron chi connectivity index (χ0n) is 11.2. The Balaban J connectivity index is 2.32. The maximum atomic E-state index is 10.8. The van der Waals surface area contributed by atoms with Crippen LogP contribution in [0, 0.1) is 6.92 Å². The number of anilines is 1. The summed E-state index contributed by atoms with van der Waals surface area (Å²) in [7, 11) is 0. The molecule has 1 aromatic carbocycles. The van der Waals surface area contributed by atoms with Gasteiger partial charge in [-0.25, -0.2) is 5.84 Å². The van der Waals surface area contributed by atoms with E-state index in [2.05, 4.69) is 4.98 Å². The molecule has 2 aromatic rings. The number of nitrogens with two attached hydrogens (primary N) is 2. The summed E-state index contributed by atoms with van der Waals surface area (Å²) in [5.74, 6) is 6.00. The van der Waals surface area contributed by atoms with Crippen LogP contribution >= 0.6 is 0 Å². The number of aldehydes is 1. The van der Waals surface area contributed by atoms with Crippen LogP contribution in [0.1, 0.15) is 21.5 Å². The quantitative estimate of drug-likeness (QED) is 0.502. The summed E-state index contributed by atoms with van der Waals surface area (Å²) in [5.41, 5.74) is 9.50. The molecule has 102 valence electrons. The summed E-state index contributed by atoms with van der Waals surface area (Å²) >= 11 is 0. The maximum Gasteiger partial charge on any atom is 0.150 e. The summed E-state index contributed by atoms with van der Waals surface area (Å²) in [4.78, 5) is 14.8. The smallest absolute Gasteiger partial charge is 0.150 e. The Morgan fingerprint density at radius 2 is 2.15 bits per heavy atom. The zero-order chi connectivity index (χ0) is 14.5. The van der Waals surface area contributed by atoms with E-state index in [1.807, 2.05) is 19.1 Å². The molecule has 0 aliphatic carbocycles. The molecule has 0 amide bonds. The van der Waals surface area contributed by atoms with E-state index in [0.717, 1.165) is 23.1 Å². The van der Waals surface area contributed by atoms with Crippen molar-refractivity contribution in [1.82, 2.24) is 4.98 Å². The van der Waals surface area contributed by atoms with Gasteiger partial charge in [0.1, 0.15) is 6.29 Å². The summed E-state index contributed by atoms with van der Waals surface area (Å²) in [6.07, 6.45) is 5.72. The Bertz CT molecular complexity index is 638. The van der Waals surface area contributed by atoms with E-state index in [1.54, 1.807) is 36.8 Å². The predicted octanol–water partition coefficient (Wildman–Crippen LogP) is 1.84. The largest absolute Gasteiger partial charge is 0.397 e. The van der Waals surface area contributed by atoms with Crippen LogP contribution in [0.2, 0.25) is 0 Å². The molecule has 0 bridgehead atoms. The first-order valence-electron chi connectivity index (χ1n) is 6.09. The van der Waals surface area contributed by atoms with Crippen molar-refractivity contribution < 1.29 is 4.79 Å². The molecule has 4 N–H and O–H groups in total. The van der Waals surface area contributed by atoms with Crippen LogP contribution in [0.15, 0.2) is 48.9 Å². The lowest BCUT2D eigenvalue weighted by Crippen LogP contribution is -2.26. The van der Waals surface area contributed by atoms with E-state index in [1.165, 1.54) is 5.01 Å². The molecule has 2 rings (SSSR count). The van der Waals surface area contributed by atoms with E-state index in [0.29, 0.717) is 11.3 Å². The molecule has 0 aliphatic heterocycles. The average molecular weight is 268 g/mol. The molecule has 0 saturated carbocycles. The van der Waals surface area contributed by atoms with Gasteiger partial charge in [0.2, 0.25) is 0 Å². The lowest BCUT2D eigenvalue weighted by atomic mass is 10.1. The van der Waals surface area contributed by atoms with E-state index in [4.69, 9.17) is 11.6 Å². The van der Waals surface area contributed by atoms with Gasteiger partial charge >= 0.3 is 0 Å². The molecule has 0 unspecified atom stereocenters. The lowest BCUT2D eigenvalue weighted by molar-refractivity contribution is 0.112. The van der Waals surface area contributed by atoms with Crippen LogP contribution in [-0.4, -0.2) is 11.3 Å². The van der Waals surface area contributed by atoms with Crippen molar-refractivity contribution in [2.45, 2.75) is 6.92 Å². The van der Waals surface area contributed by atoms with E-state index in [9.17, 15) is 4.79 Å². The molecule has 1 aromatic heterocycles. The van der Waals surface area contributed by atoms with Gasteiger partial charge in [-0.1, -0.05) is 12.1 Å². The van der Waals surface area contributed by atoms with Gasteiger partial charge in [0.25, 0.3) is 0 Å². The lowest BCUT2D eigenvalue weighted by Gasteiger charge is -2.18. The zero-order valence-corrected chi connectivity index (χ0v) is 11.2. The summed E-state index contributed by atoms with van der Waals surface area (Å²) in [6, 6.07) is 8.95. The van der Waals surface area contributed by atoms with Crippen LogP contribution in [0.5, 0.6) is 0 Å². The molecule has 0 saturated heterocycles. The number of pyridine rings is 1. The number of aryl methyl sites for hydroxylation is 1. The van der Waals surface area contributed by atoms with Gasteiger partial charge in [0.05, 0.1) is 11.4 Å². The Hall–Kier alpha value is -2.66. The highest BCUT2D eigenvalue weighted by atomic mass is 16.1. The number of hydrogen-bond donors (Lipinski definition) is 2. The van der Waals surface area contributed by atoms with Crippen LogP contribution in [0.25, 0.3) is 5.70 Å². The van der Waals surface area contributed by atoms with Gasteiger partial charge in [-0.2, -0.15) is 0 Å². The van der Waals surface area contributed by atoms with E-state index < -0.39 is 0 Å². The monoisotopic (exact) mass is 268 g/mol. The van der Waals surface area contributed by atoms with Gasteiger partial charge in [0.15, 0.2) is 0 Å². The number of rotatable bonds is 4. The number of carbonyl (C=O) groups is 1. The number of aromatic nitrogens is 1. The van der Waals surface area contributed by atoms with Crippen molar-refractivity contribution in [1.29, 1.82) is 0 Å². The first-order chi connectivity index (χ1) is 9.61. The second-order valence-electron chi connectivity index (χ2n) is 4.40. The fourth-order valence-corrected chi connectivity index (χ4v) is 1.81. The Morgan fingerprint density at radius 3 is 2.80 bits per heavy atom. The van der Waals surface area contributed by atoms with Gasteiger partial charge in [-0.15, -0.1) is 0 Å². The minimum Gasteiger partial charge on any atom is -0.397 e. The van der Waals surface area contributed by atoms with Crippen LogP contribution in [-0.2, 0) is 0 Å². The molecule has 1 heterocycles. The Labute approximate surface area is 117 Å². The normalized spacial score (nSPS) is 11.2. The van der Waals surface area contributed by atoms with Crippen molar-refractivity contribution in [3.05, 3.63) is 65.6 Å². The second kappa shape index (κ2) is 5.99. The topological polar surface area (TPSA) is 85.2 Å². The van der Waals surface area contributed by atoms with Gasteiger partial charge in [-0.3, -0.25) is 14.8 Å².